The van der Waals surface area contributed by atoms with E-state index in [1.54, 1.807) is 7.11 Å². The van der Waals surface area contributed by atoms with E-state index in [9.17, 15) is 4.79 Å². The van der Waals surface area contributed by atoms with Gasteiger partial charge in [-0.2, -0.15) is 0 Å². The summed E-state index contributed by atoms with van der Waals surface area (Å²) in [4.78, 5) is 13.5. The highest BCUT2D eigenvalue weighted by Crippen LogP contribution is 2.22. The Balaban J connectivity index is 1.44. The molecule has 0 heterocycles. The molecule has 4 rings (SSSR count). The van der Waals surface area contributed by atoms with Crippen molar-refractivity contribution in [1.82, 2.24) is 0 Å². The summed E-state index contributed by atoms with van der Waals surface area (Å²) in [6, 6.07) is 35.7. The van der Waals surface area contributed by atoms with E-state index in [1.807, 2.05) is 84.9 Å². The van der Waals surface area contributed by atoms with Gasteiger partial charge in [-0.3, -0.25) is 4.79 Å². The van der Waals surface area contributed by atoms with Gasteiger partial charge in [-0.25, -0.2) is 0 Å². The van der Waals surface area contributed by atoms with E-state index in [0.29, 0.717) is 6.61 Å². The number of carbonyl (C=O) groups is 1. The Morgan fingerprint density at radius 2 is 1.15 bits per heavy atom. The molecule has 0 radical (unpaired) electrons. The van der Waals surface area contributed by atoms with Gasteiger partial charge in [-0.1, -0.05) is 84.9 Å². The molecule has 33 heavy (non-hydrogen) atoms. The van der Waals surface area contributed by atoms with E-state index in [1.165, 1.54) is 11.1 Å². The van der Waals surface area contributed by atoms with Gasteiger partial charge in [0.2, 0.25) is 0 Å². The van der Waals surface area contributed by atoms with Crippen LogP contribution >= 0.6 is 0 Å². The van der Waals surface area contributed by atoms with Crippen LogP contribution in [0.5, 0.6) is 11.5 Å². The quantitative estimate of drug-likeness (QED) is 0.264. The lowest BCUT2D eigenvalue weighted by Gasteiger charge is -2.17. The van der Waals surface area contributed by atoms with Gasteiger partial charge in [0.25, 0.3) is 0 Å². The second-order valence-corrected chi connectivity index (χ2v) is 8.10. The topological polar surface area (TPSA) is 35.5 Å². The lowest BCUT2D eigenvalue weighted by molar-refractivity contribution is 0.0918. The van der Waals surface area contributed by atoms with Crippen molar-refractivity contribution in [2.45, 2.75) is 19.4 Å². The number of ketones is 1. The zero-order valence-electron chi connectivity index (χ0n) is 18.8. The van der Waals surface area contributed by atoms with E-state index < -0.39 is 0 Å². The lowest BCUT2D eigenvalue weighted by atomic mass is 9.86. The first-order valence-corrected chi connectivity index (χ1v) is 11.2. The number of carbonyl (C=O) groups excluding carboxylic acids is 1. The Morgan fingerprint density at radius 1 is 0.636 bits per heavy atom. The summed E-state index contributed by atoms with van der Waals surface area (Å²) in [5.41, 5.74) is 4.11. The maximum absolute atomic E-state index is 13.5. The number of methoxy groups -OCH3 is 1. The third-order valence-electron chi connectivity index (χ3n) is 5.72. The monoisotopic (exact) mass is 436 g/mol. The molecule has 4 aromatic carbocycles. The van der Waals surface area contributed by atoms with Crippen LogP contribution in [0.2, 0.25) is 0 Å². The molecule has 0 aliphatic heterocycles. The fraction of sp³-hybridized carbons (Fsp3) is 0.167. The average molecular weight is 437 g/mol. The van der Waals surface area contributed by atoms with Crippen LogP contribution in [0.25, 0.3) is 0 Å². The van der Waals surface area contributed by atoms with Gasteiger partial charge in [0.1, 0.15) is 18.1 Å². The molecule has 166 valence electrons. The summed E-state index contributed by atoms with van der Waals surface area (Å²) in [7, 11) is 1.64. The Labute approximate surface area is 195 Å². The minimum absolute atomic E-state index is 0.115. The zero-order chi connectivity index (χ0) is 22.9. The molecule has 3 nitrogen and oxygen atoms in total. The standard InChI is InChI=1S/C30H28O3/c1-32-28-16-18-29(19-17-28)33-22-25-12-14-26(15-13-25)30(31)27(20-23-8-4-2-5-9-23)21-24-10-6-3-7-11-24/h2-19,27H,20-22H2,1H3. The van der Waals surface area contributed by atoms with Crippen LogP contribution in [0, 0.1) is 5.92 Å². The Kier molecular flexibility index (Phi) is 7.55. The number of benzene rings is 4. The number of Topliss-reactive ketones (excluding diaryl/α,β-unsaturated/α-hetero) is 1. The Bertz CT molecular complexity index is 1090. The molecule has 0 unspecified atom stereocenters. The van der Waals surface area contributed by atoms with Crippen LogP contribution in [0.15, 0.2) is 109 Å². The van der Waals surface area contributed by atoms with E-state index in [-0.39, 0.29) is 11.7 Å². The first-order valence-electron chi connectivity index (χ1n) is 11.2. The number of ether oxygens (including phenoxy) is 2. The maximum atomic E-state index is 13.5. The molecule has 3 heteroatoms. The highest BCUT2D eigenvalue weighted by molar-refractivity contribution is 5.98. The van der Waals surface area contributed by atoms with Crippen LogP contribution < -0.4 is 9.47 Å². The van der Waals surface area contributed by atoms with Crippen molar-refractivity contribution >= 4 is 5.78 Å². The first-order chi connectivity index (χ1) is 16.2. The summed E-state index contributed by atoms with van der Waals surface area (Å²) in [6.45, 7) is 0.443. The van der Waals surface area contributed by atoms with Gasteiger partial charge in [-0.05, 0) is 53.8 Å². The van der Waals surface area contributed by atoms with E-state index in [4.69, 9.17) is 9.47 Å². The predicted octanol–water partition coefficient (Wildman–Crippen LogP) is 6.56. The summed E-state index contributed by atoms with van der Waals surface area (Å²) >= 11 is 0. The molecule has 0 N–H and O–H groups in total. The lowest BCUT2D eigenvalue weighted by Crippen LogP contribution is -2.20. The van der Waals surface area contributed by atoms with E-state index in [2.05, 4.69) is 24.3 Å². The third-order valence-corrected chi connectivity index (χ3v) is 5.72. The molecule has 0 atom stereocenters. The first kappa shape index (κ1) is 22.3. The van der Waals surface area contributed by atoms with Crippen molar-refractivity contribution in [2.75, 3.05) is 7.11 Å². The number of rotatable bonds is 10. The van der Waals surface area contributed by atoms with Crippen molar-refractivity contribution in [2.24, 2.45) is 5.92 Å². The molecule has 0 saturated heterocycles. The van der Waals surface area contributed by atoms with Crippen LogP contribution in [0.4, 0.5) is 0 Å². The molecule has 0 amide bonds. The zero-order valence-corrected chi connectivity index (χ0v) is 18.8. The van der Waals surface area contributed by atoms with E-state index >= 15 is 0 Å². The number of hydrogen-bond donors (Lipinski definition) is 0. The molecule has 4 aromatic rings. The highest BCUT2D eigenvalue weighted by atomic mass is 16.5. The van der Waals surface area contributed by atoms with Crippen molar-refractivity contribution in [3.63, 3.8) is 0 Å². The fourth-order valence-corrected chi connectivity index (χ4v) is 3.89. The number of hydrogen-bond acceptors (Lipinski definition) is 3. The smallest absolute Gasteiger partial charge is 0.166 e. The van der Waals surface area contributed by atoms with Gasteiger partial charge in [0.15, 0.2) is 5.78 Å². The molecule has 0 bridgehead atoms. The van der Waals surface area contributed by atoms with Crippen molar-refractivity contribution in [3.8, 4) is 11.5 Å². The summed E-state index contributed by atoms with van der Waals surface area (Å²) in [5, 5.41) is 0. The third kappa shape index (κ3) is 6.33. The summed E-state index contributed by atoms with van der Waals surface area (Å²) in [6.07, 6.45) is 1.44. The highest BCUT2D eigenvalue weighted by Gasteiger charge is 2.21. The Morgan fingerprint density at radius 3 is 1.67 bits per heavy atom. The molecule has 0 aliphatic rings. The summed E-state index contributed by atoms with van der Waals surface area (Å²) in [5.74, 6) is 1.63. The van der Waals surface area contributed by atoms with Crippen LogP contribution in [0.3, 0.4) is 0 Å². The van der Waals surface area contributed by atoms with Crippen molar-refractivity contribution in [1.29, 1.82) is 0 Å². The fourth-order valence-electron chi connectivity index (χ4n) is 3.89. The minimum atomic E-state index is -0.115. The van der Waals surface area contributed by atoms with E-state index in [0.717, 1.165) is 35.5 Å². The van der Waals surface area contributed by atoms with Gasteiger partial charge in [0.05, 0.1) is 7.11 Å². The normalized spacial score (nSPS) is 10.7. The van der Waals surface area contributed by atoms with Crippen LogP contribution in [0.1, 0.15) is 27.0 Å². The molecule has 0 aromatic heterocycles. The predicted molar refractivity (Wildman–Crippen MR) is 132 cm³/mol. The molecule has 0 spiro atoms. The molecule has 0 fully saturated rings. The second kappa shape index (κ2) is 11.1. The largest absolute Gasteiger partial charge is 0.497 e. The second-order valence-electron chi connectivity index (χ2n) is 8.10. The molecule has 0 aliphatic carbocycles. The molecule has 0 saturated carbocycles. The Hall–Kier alpha value is -3.85. The van der Waals surface area contributed by atoms with Crippen LogP contribution in [-0.4, -0.2) is 12.9 Å². The minimum Gasteiger partial charge on any atom is -0.497 e. The molecular formula is C30H28O3. The van der Waals surface area contributed by atoms with Gasteiger partial charge in [-0.15, -0.1) is 0 Å². The average Bonchev–Trinajstić information content (AvgIpc) is 2.88. The van der Waals surface area contributed by atoms with Crippen LogP contribution in [-0.2, 0) is 19.4 Å². The maximum Gasteiger partial charge on any atom is 0.166 e. The van der Waals surface area contributed by atoms with Gasteiger partial charge < -0.3 is 9.47 Å². The van der Waals surface area contributed by atoms with Gasteiger partial charge >= 0.3 is 0 Å². The van der Waals surface area contributed by atoms with Gasteiger partial charge in [0, 0.05) is 11.5 Å². The molecular weight excluding hydrogens is 408 g/mol. The van der Waals surface area contributed by atoms with Crippen molar-refractivity contribution < 1.29 is 14.3 Å². The summed E-state index contributed by atoms with van der Waals surface area (Å²) < 4.78 is 11.0. The van der Waals surface area contributed by atoms with Crippen molar-refractivity contribution in [3.05, 3.63) is 131 Å². The SMILES string of the molecule is COc1ccc(OCc2ccc(C(=O)C(Cc3ccccc3)Cc3ccccc3)cc2)cc1.